The minimum atomic E-state index is 0.729. The van der Waals surface area contributed by atoms with E-state index in [4.69, 9.17) is 9.47 Å². The molecule has 1 saturated heterocycles. The summed E-state index contributed by atoms with van der Waals surface area (Å²) in [6, 6.07) is 16.7. The first-order valence-electron chi connectivity index (χ1n) is 9.76. The highest BCUT2D eigenvalue weighted by Crippen LogP contribution is 2.29. The minimum Gasteiger partial charge on any atom is -0.493 e. The molecule has 5 nitrogen and oxygen atoms in total. The van der Waals surface area contributed by atoms with Gasteiger partial charge in [0.25, 0.3) is 0 Å². The van der Waals surface area contributed by atoms with Crippen molar-refractivity contribution in [1.82, 2.24) is 10.4 Å². The van der Waals surface area contributed by atoms with Crippen molar-refractivity contribution in [2.24, 2.45) is 5.92 Å². The highest BCUT2D eigenvalue weighted by atomic mass is 16.5. The van der Waals surface area contributed by atoms with Crippen LogP contribution in [0.1, 0.15) is 18.4 Å². The number of hydrazine groups is 1. The van der Waals surface area contributed by atoms with E-state index in [1.165, 1.54) is 24.8 Å². The molecule has 0 bridgehead atoms. The summed E-state index contributed by atoms with van der Waals surface area (Å²) < 4.78 is 10.6. The number of nitrogens with one attached hydrogen (secondary N) is 2. The lowest BCUT2D eigenvalue weighted by atomic mass is 9.92. The van der Waals surface area contributed by atoms with Gasteiger partial charge in [-0.05, 0) is 42.9 Å². The molecule has 2 aromatic carbocycles. The van der Waals surface area contributed by atoms with Gasteiger partial charge in [0.1, 0.15) is 0 Å². The van der Waals surface area contributed by atoms with Crippen molar-refractivity contribution in [3.63, 3.8) is 0 Å². The molecular weight excluding hydrogens is 338 g/mol. The summed E-state index contributed by atoms with van der Waals surface area (Å²) in [6.45, 7) is 3.99. The summed E-state index contributed by atoms with van der Waals surface area (Å²) >= 11 is 0. The maximum atomic E-state index is 5.35. The van der Waals surface area contributed by atoms with E-state index in [0.29, 0.717) is 0 Å². The minimum absolute atomic E-state index is 0.729. The highest BCUT2D eigenvalue weighted by Gasteiger charge is 2.19. The number of piperidine rings is 1. The van der Waals surface area contributed by atoms with Crippen molar-refractivity contribution in [2.75, 3.05) is 45.7 Å². The van der Waals surface area contributed by atoms with Crippen LogP contribution in [0.5, 0.6) is 11.5 Å². The summed E-state index contributed by atoms with van der Waals surface area (Å²) in [5.74, 6) is 2.22. The van der Waals surface area contributed by atoms with Gasteiger partial charge in [0.15, 0.2) is 11.5 Å². The molecule has 1 aliphatic rings. The second-order valence-electron chi connectivity index (χ2n) is 7.05. The predicted molar refractivity (Wildman–Crippen MR) is 110 cm³/mol. The van der Waals surface area contributed by atoms with E-state index in [2.05, 4.69) is 46.1 Å². The van der Waals surface area contributed by atoms with Crippen LogP contribution >= 0.6 is 0 Å². The van der Waals surface area contributed by atoms with E-state index in [-0.39, 0.29) is 0 Å². The molecule has 0 radical (unpaired) electrons. The maximum Gasteiger partial charge on any atom is 0.162 e. The van der Waals surface area contributed by atoms with E-state index in [1.54, 1.807) is 14.2 Å². The van der Waals surface area contributed by atoms with Gasteiger partial charge in [-0.25, -0.2) is 5.01 Å². The molecule has 3 rings (SSSR count). The zero-order valence-electron chi connectivity index (χ0n) is 16.4. The molecule has 0 amide bonds. The van der Waals surface area contributed by atoms with Gasteiger partial charge in [-0.2, -0.15) is 0 Å². The number of hydrogen-bond donors (Lipinski definition) is 2. The molecule has 0 aromatic heterocycles. The monoisotopic (exact) mass is 369 g/mol. The summed E-state index contributed by atoms with van der Waals surface area (Å²) in [5, 5.41) is 5.82. The lowest BCUT2D eigenvalue weighted by Crippen LogP contribution is -2.46. The smallest absolute Gasteiger partial charge is 0.162 e. The summed E-state index contributed by atoms with van der Waals surface area (Å²) in [7, 11) is 3.31. The van der Waals surface area contributed by atoms with E-state index < -0.39 is 0 Å². The second-order valence-corrected chi connectivity index (χ2v) is 7.05. The van der Waals surface area contributed by atoms with Crippen LogP contribution in [0.25, 0.3) is 0 Å². The summed E-state index contributed by atoms with van der Waals surface area (Å²) in [5.41, 5.74) is 6.05. The third-order valence-corrected chi connectivity index (χ3v) is 5.06. The number of methoxy groups -OCH3 is 2. The van der Waals surface area contributed by atoms with Crippen molar-refractivity contribution in [2.45, 2.75) is 19.3 Å². The van der Waals surface area contributed by atoms with Crippen molar-refractivity contribution in [3.05, 3.63) is 54.1 Å². The van der Waals surface area contributed by atoms with Gasteiger partial charge in [0, 0.05) is 37.9 Å². The van der Waals surface area contributed by atoms with Crippen LogP contribution in [0.15, 0.2) is 48.5 Å². The average Bonchev–Trinajstić information content (AvgIpc) is 2.72. The van der Waals surface area contributed by atoms with E-state index in [9.17, 15) is 0 Å². The molecule has 2 aromatic rings. The van der Waals surface area contributed by atoms with E-state index >= 15 is 0 Å². The Labute approximate surface area is 162 Å². The maximum absolute atomic E-state index is 5.35. The predicted octanol–water partition coefficient (Wildman–Crippen LogP) is 3.58. The van der Waals surface area contributed by atoms with Gasteiger partial charge in [-0.15, -0.1) is 0 Å². The van der Waals surface area contributed by atoms with Crippen molar-refractivity contribution in [3.8, 4) is 11.5 Å². The first-order valence-corrected chi connectivity index (χ1v) is 9.76. The van der Waals surface area contributed by atoms with Gasteiger partial charge in [0.2, 0.25) is 0 Å². The van der Waals surface area contributed by atoms with E-state index in [0.717, 1.165) is 49.3 Å². The third-order valence-electron chi connectivity index (χ3n) is 5.06. The molecule has 27 heavy (non-hydrogen) atoms. The zero-order chi connectivity index (χ0) is 18.9. The van der Waals surface area contributed by atoms with Crippen LogP contribution < -0.4 is 20.2 Å². The van der Waals surface area contributed by atoms with Gasteiger partial charge >= 0.3 is 0 Å². The molecule has 2 N–H and O–H groups in total. The third kappa shape index (κ3) is 5.88. The fraction of sp³-hybridized carbons (Fsp3) is 0.455. The number of anilines is 1. The highest BCUT2D eigenvalue weighted by molar-refractivity contribution is 5.54. The van der Waals surface area contributed by atoms with Gasteiger partial charge in [0.05, 0.1) is 14.2 Å². The molecule has 1 atom stereocenters. The molecule has 0 spiro atoms. The van der Waals surface area contributed by atoms with Crippen molar-refractivity contribution in [1.29, 1.82) is 0 Å². The summed E-state index contributed by atoms with van der Waals surface area (Å²) in [4.78, 5) is 0. The van der Waals surface area contributed by atoms with Crippen LogP contribution in [0.3, 0.4) is 0 Å². The van der Waals surface area contributed by atoms with Crippen molar-refractivity contribution < 1.29 is 9.47 Å². The van der Waals surface area contributed by atoms with Gasteiger partial charge in [-0.1, -0.05) is 30.3 Å². The van der Waals surface area contributed by atoms with Crippen LogP contribution in [0, 0.1) is 5.92 Å². The fourth-order valence-electron chi connectivity index (χ4n) is 3.69. The molecule has 0 saturated carbocycles. The first-order chi connectivity index (χ1) is 13.3. The van der Waals surface area contributed by atoms with Crippen LogP contribution in [-0.4, -0.2) is 45.4 Å². The largest absolute Gasteiger partial charge is 0.493 e. The average molecular weight is 370 g/mol. The molecule has 146 valence electrons. The Morgan fingerprint density at radius 2 is 1.81 bits per heavy atom. The molecule has 1 fully saturated rings. The lowest BCUT2D eigenvalue weighted by Gasteiger charge is -2.33. The Morgan fingerprint density at radius 3 is 2.59 bits per heavy atom. The van der Waals surface area contributed by atoms with Gasteiger partial charge < -0.3 is 14.8 Å². The molecule has 1 aliphatic heterocycles. The first kappa shape index (κ1) is 19.5. The standard InChI is InChI=1S/C22H31N3O2/c1-26-21-11-10-20(16-22(21)27-2)23-12-13-24-25-14-6-9-19(17-25)15-18-7-4-3-5-8-18/h3-5,7-8,10-11,16,19,23-24H,6,9,12-15,17H2,1-2H3. The SMILES string of the molecule is COc1ccc(NCCNN2CCCC(Cc3ccccc3)C2)cc1OC. The quantitative estimate of drug-likeness (QED) is 0.662. The normalized spacial score (nSPS) is 17.5. The summed E-state index contributed by atoms with van der Waals surface area (Å²) in [6.07, 6.45) is 3.74. The van der Waals surface area contributed by atoms with Crippen LogP contribution in [0.2, 0.25) is 0 Å². The Balaban J connectivity index is 1.40. The number of hydrogen-bond acceptors (Lipinski definition) is 5. The topological polar surface area (TPSA) is 45.8 Å². The van der Waals surface area contributed by atoms with Crippen molar-refractivity contribution >= 4 is 5.69 Å². The Kier molecular flexibility index (Phi) is 7.36. The Bertz CT molecular complexity index is 693. The van der Waals surface area contributed by atoms with E-state index in [1.807, 2.05) is 18.2 Å². The molecule has 0 aliphatic carbocycles. The van der Waals surface area contributed by atoms with Crippen LogP contribution in [-0.2, 0) is 6.42 Å². The number of nitrogens with zero attached hydrogens (tertiary/aromatic N) is 1. The number of ether oxygens (including phenoxy) is 2. The Morgan fingerprint density at radius 1 is 1.00 bits per heavy atom. The fourth-order valence-corrected chi connectivity index (χ4v) is 3.69. The molecule has 5 heteroatoms. The lowest BCUT2D eigenvalue weighted by molar-refractivity contribution is 0.117. The number of benzene rings is 2. The molecular formula is C22H31N3O2. The molecule has 1 unspecified atom stereocenters. The Hall–Kier alpha value is -2.24. The second kappa shape index (κ2) is 10.2. The number of rotatable bonds is 9. The van der Waals surface area contributed by atoms with Crippen LogP contribution in [0.4, 0.5) is 5.69 Å². The van der Waals surface area contributed by atoms with Gasteiger partial charge in [-0.3, -0.25) is 5.43 Å². The molecule has 1 heterocycles. The zero-order valence-corrected chi connectivity index (χ0v) is 16.4.